The molecule has 0 radical (unpaired) electrons. The maximum Gasteiger partial charge on any atom is 0.167 e. The lowest BCUT2D eigenvalue weighted by molar-refractivity contribution is -0.152. The van der Waals surface area contributed by atoms with E-state index in [1.54, 1.807) is 11.8 Å². The maximum absolute atomic E-state index is 11.9. The van der Waals surface area contributed by atoms with Crippen LogP contribution in [0.4, 0.5) is 0 Å². The molecule has 1 heterocycles. The van der Waals surface area contributed by atoms with Gasteiger partial charge in [0.25, 0.3) is 0 Å². The van der Waals surface area contributed by atoms with Crippen LogP contribution in [-0.2, 0) is 7.05 Å². The van der Waals surface area contributed by atoms with Crippen LogP contribution in [0.5, 0.6) is 0 Å². The standard InChI is InChI=1S/C24H38N2O2S/c1-22-9-6-17(27)14-16(22)4-5-18-19(22)7-10-23(2)20(18)8-11-24(23,28)15-29-21-25-12-13-26(21)3/h12-13,16-20,27-28H,4-11,14-15H2,1-3H3/t16-,17-,18+,19-,20-,22-,23-,24+/m0/s1. The molecular weight excluding hydrogens is 380 g/mol. The molecule has 1 aromatic rings. The predicted octanol–water partition coefficient (Wildman–Crippen LogP) is 4.65. The molecule has 162 valence electrons. The van der Waals surface area contributed by atoms with Crippen molar-refractivity contribution in [3.63, 3.8) is 0 Å². The van der Waals surface area contributed by atoms with E-state index < -0.39 is 5.60 Å². The summed E-state index contributed by atoms with van der Waals surface area (Å²) in [5.74, 6) is 3.66. The average Bonchev–Trinajstić information content (AvgIpc) is 3.22. The smallest absolute Gasteiger partial charge is 0.167 e. The first kappa shape index (κ1) is 20.4. The molecule has 8 atom stereocenters. The Morgan fingerprint density at radius 1 is 1.10 bits per heavy atom. The highest BCUT2D eigenvalue weighted by atomic mass is 32.2. The van der Waals surface area contributed by atoms with Crippen molar-refractivity contribution >= 4 is 11.8 Å². The van der Waals surface area contributed by atoms with Gasteiger partial charge in [0.05, 0.1) is 11.7 Å². The third kappa shape index (κ3) is 2.97. The van der Waals surface area contributed by atoms with Crippen LogP contribution in [0.3, 0.4) is 0 Å². The number of nitrogens with zero attached hydrogens (tertiary/aromatic N) is 2. The van der Waals surface area contributed by atoms with E-state index in [1.165, 1.54) is 32.1 Å². The van der Waals surface area contributed by atoms with Crippen molar-refractivity contribution in [2.24, 2.45) is 41.5 Å². The van der Waals surface area contributed by atoms with E-state index in [0.717, 1.165) is 48.4 Å². The third-order valence-corrected chi connectivity index (χ3v) is 11.5. The summed E-state index contributed by atoms with van der Waals surface area (Å²) in [4.78, 5) is 4.45. The molecule has 29 heavy (non-hydrogen) atoms. The van der Waals surface area contributed by atoms with Crippen molar-refractivity contribution < 1.29 is 10.2 Å². The molecule has 0 aromatic carbocycles. The fraction of sp³-hybridized carbons (Fsp3) is 0.875. The summed E-state index contributed by atoms with van der Waals surface area (Å²) in [6.07, 6.45) is 14.1. The fourth-order valence-electron chi connectivity index (χ4n) is 8.26. The van der Waals surface area contributed by atoms with Gasteiger partial charge in [-0.05, 0) is 86.9 Å². The Hall–Kier alpha value is -0.520. The van der Waals surface area contributed by atoms with Gasteiger partial charge in [-0.2, -0.15) is 0 Å². The number of fused-ring (bicyclic) bond motifs is 5. The minimum Gasteiger partial charge on any atom is -0.393 e. The van der Waals surface area contributed by atoms with E-state index in [2.05, 4.69) is 23.4 Å². The maximum atomic E-state index is 11.9. The Balaban J connectivity index is 1.36. The lowest BCUT2D eigenvalue weighted by atomic mass is 9.44. The molecule has 0 bridgehead atoms. The van der Waals surface area contributed by atoms with Gasteiger partial charge in [0.1, 0.15) is 0 Å². The van der Waals surface area contributed by atoms with Crippen molar-refractivity contribution in [1.82, 2.24) is 9.55 Å². The van der Waals surface area contributed by atoms with Crippen LogP contribution in [0, 0.1) is 34.5 Å². The molecular formula is C24H38N2O2S. The number of rotatable bonds is 3. The number of thioether (sulfide) groups is 1. The molecule has 5 heteroatoms. The molecule has 1 aromatic heterocycles. The van der Waals surface area contributed by atoms with E-state index in [9.17, 15) is 10.2 Å². The van der Waals surface area contributed by atoms with Crippen molar-refractivity contribution in [2.45, 2.75) is 88.5 Å². The van der Waals surface area contributed by atoms with Gasteiger partial charge < -0.3 is 14.8 Å². The monoisotopic (exact) mass is 418 g/mol. The predicted molar refractivity (Wildman–Crippen MR) is 117 cm³/mol. The second kappa shape index (κ2) is 7.00. The Labute approximate surface area is 179 Å². The summed E-state index contributed by atoms with van der Waals surface area (Å²) < 4.78 is 2.05. The number of aromatic nitrogens is 2. The second-order valence-corrected chi connectivity index (χ2v) is 12.2. The zero-order valence-electron chi connectivity index (χ0n) is 18.3. The van der Waals surface area contributed by atoms with E-state index in [0.29, 0.717) is 17.3 Å². The number of hydrogen-bond acceptors (Lipinski definition) is 4. The van der Waals surface area contributed by atoms with Crippen molar-refractivity contribution in [2.75, 3.05) is 5.75 Å². The van der Waals surface area contributed by atoms with Crippen LogP contribution in [-0.4, -0.2) is 37.2 Å². The summed E-state index contributed by atoms with van der Waals surface area (Å²) in [6.45, 7) is 4.94. The van der Waals surface area contributed by atoms with Crippen LogP contribution in [0.2, 0.25) is 0 Å². The fourth-order valence-corrected chi connectivity index (χ4v) is 9.50. The zero-order chi connectivity index (χ0) is 20.4. The summed E-state index contributed by atoms with van der Waals surface area (Å²) in [6, 6.07) is 0. The first-order chi connectivity index (χ1) is 13.8. The van der Waals surface area contributed by atoms with Crippen molar-refractivity contribution in [3.05, 3.63) is 12.4 Å². The SMILES string of the molecule is Cn1ccnc1SC[C@]1(O)CC[C@H]2[C@@H]3CC[C@H]4C[C@@H](O)CC[C@]4(C)[C@H]3CC[C@@]21C. The highest BCUT2D eigenvalue weighted by molar-refractivity contribution is 7.99. The number of hydrogen-bond donors (Lipinski definition) is 2. The van der Waals surface area contributed by atoms with Crippen LogP contribution < -0.4 is 0 Å². The number of aryl methyl sites for hydroxylation is 1. The molecule has 4 nitrogen and oxygen atoms in total. The second-order valence-electron chi connectivity index (χ2n) is 11.2. The minimum absolute atomic E-state index is 0.0315. The molecule has 2 N–H and O–H groups in total. The van der Waals surface area contributed by atoms with Gasteiger partial charge in [0.15, 0.2) is 5.16 Å². The average molecular weight is 419 g/mol. The largest absolute Gasteiger partial charge is 0.393 e. The third-order valence-electron chi connectivity index (χ3n) is 10.2. The topological polar surface area (TPSA) is 58.3 Å². The minimum atomic E-state index is -0.584. The highest BCUT2D eigenvalue weighted by Crippen LogP contribution is 2.68. The van der Waals surface area contributed by atoms with Crippen LogP contribution >= 0.6 is 11.8 Å². The summed E-state index contributed by atoms with van der Waals surface area (Å²) in [5, 5.41) is 23.1. The summed E-state index contributed by atoms with van der Waals surface area (Å²) in [5.41, 5.74) is -0.143. The molecule has 4 aliphatic rings. The van der Waals surface area contributed by atoms with Crippen LogP contribution in [0.1, 0.15) is 71.6 Å². The molecule has 0 aliphatic heterocycles. The Morgan fingerprint density at radius 3 is 2.66 bits per heavy atom. The summed E-state index contributed by atoms with van der Waals surface area (Å²) >= 11 is 1.73. The van der Waals surface area contributed by atoms with Crippen LogP contribution in [0.15, 0.2) is 17.6 Å². The zero-order valence-corrected chi connectivity index (χ0v) is 19.1. The van der Waals surface area contributed by atoms with Gasteiger partial charge in [0, 0.05) is 30.6 Å². The number of imidazole rings is 1. The Bertz CT molecular complexity index is 768. The van der Waals surface area contributed by atoms with Crippen molar-refractivity contribution in [1.29, 1.82) is 0 Å². The molecule has 0 spiro atoms. The number of aliphatic hydroxyl groups is 2. The van der Waals surface area contributed by atoms with Gasteiger partial charge in [-0.15, -0.1) is 0 Å². The van der Waals surface area contributed by atoms with E-state index in [-0.39, 0.29) is 11.5 Å². The molecule has 0 unspecified atom stereocenters. The van der Waals surface area contributed by atoms with Gasteiger partial charge in [0.2, 0.25) is 0 Å². The van der Waals surface area contributed by atoms with Gasteiger partial charge in [-0.3, -0.25) is 0 Å². The molecule has 4 fully saturated rings. The van der Waals surface area contributed by atoms with Gasteiger partial charge >= 0.3 is 0 Å². The van der Waals surface area contributed by atoms with Gasteiger partial charge in [-0.25, -0.2) is 4.98 Å². The highest BCUT2D eigenvalue weighted by Gasteiger charge is 2.64. The van der Waals surface area contributed by atoms with E-state index >= 15 is 0 Å². The molecule has 0 saturated heterocycles. The quantitative estimate of drug-likeness (QED) is 0.702. The Kier molecular flexibility index (Phi) is 4.92. The van der Waals surface area contributed by atoms with Crippen LogP contribution in [0.25, 0.3) is 0 Å². The first-order valence-corrected chi connectivity index (χ1v) is 12.8. The van der Waals surface area contributed by atoms with Crippen molar-refractivity contribution in [3.8, 4) is 0 Å². The lowest BCUT2D eigenvalue weighted by Gasteiger charge is -2.61. The Morgan fingerprint density at radius 2 is 1.90 bits per heavy atom. The van der Waals surface area contributed by atoms with E-state index in [4.69, 9.17) is 0 Å². The van der Waals surface area contributed by atoms with Gasteiger partial charge in [-0.1, -0.05) is 25.6 Å². The molecule has 0 amide bonds. The lowest BCUT2D eigenvalue weighted by Crippen LogP contribution is -2.57. The molecule has 5 rings (SSSR count). The number of aliphatic hydroxyl groups excluding tert-OH is 1. The molecule has 4 aliphatic carbocycles. The van der Waals surface area contributed by atoms with E-state index in [1.807, 2.05) is 19.4 Å². The summed E-state index contributed by atoms with van der Waals surface area (Å²) in [7, 11) is 2.03. The normalized spacial score (nSPS) is 49.3. The molecule has 4 saturated carbocycles. The first-order valence-electron chi connectivity index (χ1n) is 11.8.